The van der Waals surface area contributed by atoms with Crippen LogP contribution in [0.15, 0.2) is 0 Å². The maximum absolute atomic E-state index is 9.37. The number of hydrogen-bond acceptors (Lipinski definition) is 5. The molecule has 0 atom stereocenters. The van der Waals surface area contributed by atoms with E-state index in [-0.39, 0.29) is 11.5 Å². The minimum atomic E-state index is -0.926. The van der Waals surface area contributed by atoms with E-state index in [4.69, 9.17) is 5.11 Å². The van der Waals surface area contributed by atoms with Gasteiger partial charge in [0.2, 0.25) is 17.2 Å². The molecule has 78 valence electrons. The summed E-state index contributed by atoms with van der Waals surface area (Å²) in [5, 5.41) is 46.1. The molecule has 0 aliphatic heterocycles. The molecule has 1 aromatic rings. The Kier molecular flexibility index (Phi) is 2.33. The van der Waals surface area contributed by atoms with Gasteiger partial charge in [0, 0.05) is 5.56 Å². The van der Waals surface area contributed by atoms with E-state index < -0.39 is 28.7 Å². The third kappa shape index (κ3) is 1.26. The predicted molar refractivity (Wildman–Crippen MR) is 48.9 cm³/mol. The van der Waals surface area contributed by atoms with Gasteiger partial charge < -0.3 is 25.5 Å². The molecule has 0 unspecified atom stereocenters. The fourth-order valence-electron chi connectivity index (χ4n) is 1.25. The van der Waals surface area contributed by atoms with Crippen LogP contribution in [0.4, 0.5) is 0 Å². The number of rotatable bonds is 1. The van der Waals surface area contributed by atoms with Crippen molar-refractivity contribution in [1.29, 1.82) is 0 Å². The summed E-state index contributed by atoms with van der Waals surface area (Å²) in [4.78, 5) is 0. The Morgan fingerprint density at radius 2 is 0.929 bits per heavy atom. The Morgan fingerprint density at radius 1 is 0.643 bits per heavy atom. The van der Waals surface area contributed by atoms with E-state index >= 15 is 0 Å². The molecular weight excluding hydrogens is 188 g/mol. The van der Waals surface area contributed by atoms with Gasteiger partial charge in [0.25, 0.3) is 0 Å². The third-order valence-electron chi connectivity index (χ3n) is 1.98. The lowest BCUT2D eigenvalue weighted by Crippen LogP contribution is -1.90. The number of phenolic OH excluding ortho intramolecular Hbond substituents is 5. The van der Waals surface area contributed by atoms with Gasteiger partial charge in [-0.05, 0) is 5.92 Å². The van der Waals surface area contributed by atoms with Crippen molar-refractivity contribution in [2.75, 3.05) is 0 Å². The predicted octanol–water partition coefficient (Wildman–Crippen LogP) is 1.34. The molecule has 1 rings (SSSR count). The van der Waals surface area contributed by atoms with Gasteiger partial charge in [-0.1, -0.05) is 13.8 Å². The van der Waals surface area contributed by atoms with Crippen molar-refractivity contribution < 1.29 is 25.5 Å². The van der Waals surface area contributed by atoms with Crippen LogP contribution in [0, 0.1) is 0 Å². The van der Waals surface area contributed by atoms with Crippen LogP contribution in [-0.2, 0) is 0 Å². The zero-order chi connectivity index (χ0) is 11.0. The van der Waals surface area contributed by atoms with Crippen LogP contribution in [0.3, 0.4) is 0 Å². The van der Waals surface area contributed by atoms with E-state index in [9.17, 15) is 20.4 Å². The summed E-state index contributed by atoms with van der Waals surface area (Å²) in [7, 11) is 0. The third-order valence-corrected chi connectivity index (χ3v) is 1.98. The molecule has 5 N–H and O–H groups in total. The van der Waals surface area contributed by atoms with Crippen molar-refractivity contribution in [2.45, 2.75) is 19.8 Å². The van der Waals surface area contributed by atoms with Crippen LogP contribution in [0.5, 0.6) is 28.7 Å². The van der Waals surface area contributed by atoms with Crippen LogP contribution >= 0.6 is 0 Å². The molecule has 14 heavy (non-hydrogen) atoms. The minimum absolute atomic E-state index is 0.00204. The molecule has 0 radical (unpaired) electrons. The Morgan fingerprint density at radius 3 is 1.21 bits per heavy atom. The zero-order valence-electron chi connectivity index (χ0n) is 7.81. The van der Waals surface area contributed by atoms with Gasteiger partial charge in [-0.3, -0.25) is 0 Å². The van der Waals surface area contributed by atoms with E-state index in [1.807, 2.05) is 0 Å². The van der Waals surface area contributed by atoms with Gasteiger partial charge in [0.15, 0.2) is 11.5 Å². The smallest absolute Gasteiger partial charge is 0.208 e. The van der Waals surface area contributed by atoms with E-state index in [1.54, 1.807) is 13.8 Å². The standard InChI is InChI=1S/C9H12O5/c1-3(2)4-5(10)7(12)9(14)8(13)6(4)11/h3,10-14H,1-2H3. The summed E-state index contributed by atoms with van der Waals surface area (Å²) < 4.78 is 0. The largest absolute Gasteiger partial charge is 0.504 e. The van der Waals surface area contributed by atoms with E-state index in [0.29, 0.717) is 0 Å². The van der Waals surface area contributed by atoms with Crippen LogP contribution in [-0.4, -0.2) is 25.5 Å². The summed E-state index contributed by atoms with van der Waals surface area (Å²) in [6, 6.07) is 0. The normalized spacial score (nSPS) is 10.8. The maximum Gasteiger partial charge on any atom is 0.208 e. The first-order valence-electron chi connectivity index (χ1n) is 4.06. The van der Waals surface area contributed by atoms with E-state index in [0.717, 1.165) is 0 Å². The summed E-state index contributed by atoms with van der Waals surface area (Å²) in [5.41, 5.74) is -0.00204. The second-order valence-corrected chi connectivity index (χ2v) is 3.31. The molecule has 5 nitrogen and oxygen atoms in total. The SMILES string of the molecule is CC(C)c1c(O)c(O)c(O)c(O)c1O. The van der Waals surface area contributed by atoms with Gasteiger partial charge in [-0.2, -0.15) is 0 Å². The second kappa shape index (κ2) is 3.17. The monoisotopic (exact) mass is 200 g/mol. The molecule has 0 saturated heterocycles. The average molecular weight is 200 g/mol. The Balaban J connectivity index is 3.60. The molecule has 0 fully saturated rings. The van der Waals surface area contributed by atoms with Crippen molar-refractivity contribution >= 4 is 0 Å². The highest BCUT2D eigenvalue weighted by Crippen LogP contribution is 2.52. The van der Waals surface area contributed by atoms with Crippen molar-refractivity contribution in [2.24, 2.45) is 0 Å². The lowest BCUT2D eigenvalue weighted by atomic mass is 9.99. The first-order valence-corrected chi connectivity index (χ1v) is 4.06. The molecule has 1 aromatic carbocycles. The highest BCUT2D eigenvalue weighted by atomic mass is 16.4. The van der Waals surface area contributed by atoms with Gasteiger partial charge in [0.1, 0.15) is 0 Å². The zero-order valence-corrected chi connectivity index (χ0v) is 7.81. The van der Waals surface area contributed by atoms with Crippen molar-refractivity contribution in [3.63, 3.8) is 0 Å². The molecule has 0 spiro atoms. The molecule has 0 saturated carbocycles. The van der Waals surface area contributed by atoms with Gasteiger partial charge in [-0.25, -0.2) is 0 Å². The quantitative estimate of drug-likeness (QED) is 0.348. The van der Waals surface area contributed by atoms with Crippen molar-refractivity contribution in [1.82, 2.24) is 0 Å². The molecule has 0 aliphatic rings. The molecule has 0 bridgehead atoms. The molecule has 0 aromatic heterocycles. The fraction of sp³-hybridized carbons (Fsp3) is 0.333. The van der Waals surface area contributed by atoms with Crippen molar-refractivity contribution in [3.05, 3.63) is 5.56 Å². The van der Waals surface area contributed by atoms with E-state index in [1.165, 1.54) is 0 Å². The lowest BCUT2D eigenvalue weighted by Gasteiger charge is -2.14. The average Bonchev–Trinajstić information content (AvgIpc) is 2.11. The number of benzene rings is 1. The van der Waals surface area contributed by atoms with Crippen LogP contribution in [0.1, 0.15) is 25.3 Å². The molecular formula is C9H12O5. The summed E-state index contributed by atoms with van der Waals surface area (Å²) in [5.74, 6) is -4.12. The Hall–Kier alpha value is -1.78. The Labute approximate surface area is 80.5 Å². The molecule has 5 heteroatoms. The fourth-order valence-corrected chi connectivity index (χ4v) is 1.25. The first-order chi connectivity index (χ1) is 6.37. The van der Waals surface area contributed by atoms with Crippen LogP contribution < -0.4 is 0 Å². The number of aromatic hydroxyl groups is 5. The van der Waals surface area contributed by atoms with Gasteiger partial charge in [0.05, 0.1) is 0 Å². The van der Waals surface area contributed by atoms with Crippen molar-refractivity contribution in [3.8, 4) is 28.7 Å². The highest BCUT2D eigenvalue weighted by Gasteiger charge is 2.24. The Bertz CT molecular complexity index is 341. The molecule has 0 aliphatic carbocycles. The summed E-state index contributed by atoms with van der Waals surface area (Å²) in [6.07, 6.45) is 0. The number of hydrogen-bond donors (Lipinski definition) is 5. The summed E-state index contributed by atoms with van der Waals surface area (Å²) >= 11 is 0. The highest BCUT2D eigenvalue weighted by molar-refractivity contribution is 5.68. The lowest BCUT2D eigenvalue weighted by molar-refractivity contribution is 0.322. The first kappa shape index (κ1) is 10.3. The topological polar surface area (TPSA) is 101 Å². The minimum Gasteiger partial charge on any atom is -0.504 e. The number of phenols is 5. The van der Waals surface area contributed by atoms with Crippen LogP contribution in [0.2, 0.25) is 0 Å². The second-order valence-electron chi connectivity index (χ2n) is 3.31. The molecule has 0 amide bonds. The maximum atomic E-state index is 9.37. The van der Waals surface area contributed by atoms with E-state index in [2.05, 4.69) is 0 Å². The van der Waals surface area contributed by atoms with Gasteiger partial charge in [-0.15, -0.1) is 0 Å². The van der Waals surface area contributed by atoms with Crippen LogP contribution in [0.25, 0.3) is 0 Å². The summed E-state index contributed by atoms with van der Waals surface area (Å²) in [6.45, 7) is 3.31. The molecule has 0 heterocycles. The van der Waals surface area contributed by atoms with Gasteiger partial charge >= 0.3 is 0 Å².